The van der Waals surface area contributed by atoms with Gasteiger partial charge in [-0.15, -0.1) is 5.11 Å². The van der Waals surface area contributed by atoms with Crippen molar-refractivity contribution in [2.45, 2.75) is 6.61 Å². The number of hydrogen-bond acceptors (Lipinski definition) is 5. The molecule has 2 aromatic carbocycles. The van der Waals surface area contributed by atoms with Gasteiger partial charge >= 0.3 is 0 Å². The van der Waals surface area contributed by atoms with Crippen LogP contribution in [0.3, 0.4) is 0 Å². The summed E-state index contributed by atoms with van der Waals surface area (Å²) in [6, 6.07) is 12.2. The molecular formula is C13H14N4O. The molecule has 0 fully saturated rings. The number of benzene rings is 2. The minimum atomic E-state index is 0.0162. The Hall–Kier alpha value is -2.40. The van der Waals surface area contributed by atoms with Crippen LogP contribution >= 0.6 is 0 Å². The number of nitrogens with zero attached hydrogens (tertiary/aromatic N) is 2. The van der Waals surface area contributed by atoms with Gasteiger partial charge in [-0.25, -0.2) is 0 Å². The first-order valence-electron chi connectivity index (χ1n) is 5.45. The highest BCUT2D eigenvalue weighted by molar-refractivity contribution is 5.67. The Morgan fingerprint density at radius 2 is 1.67 bits per heavy atom. The van der Waals surface area contributed by atoms with Gasteiger partial charge in [0.25, 0.3) is 0 Å². The molecule has 2 rings (SSSR count). The Balaban J connectivity index is 2.19. The number of nitrogen functional groups attached to an aromatic ring is 2. The molecular weight excluding hydrogens is 228 g/mol. The molecule has 0 aliphatic heterocycles. The molecule has 0 amide bonds. The van der Waals surface area contributed by atoms with E-state index in [-0.39, 0.29) is 6.61 Å². The number of rotatable bonds is 3. The van der Waals surface area contributed by atoms with Crippen LogP contribution in [0.25, 0.3) is 0 Å². The first-order chi connectivity index (χ1) is 8.69. The normalized spacial score (nSPS) is 10.9. The Morgan fingerprint density at radius 3 is 2.28 bits per heavy atom. The molecule has 5 N–H and O–H groups in total. The summed E-state index contributed by atoms with van der Waals surface area (Å²) in [5, 5.41) is 17.0. The zero-order chi connectivity index (χ0) is 13.0. The lowest BCUT2D eigenvalue weighted by Gasteiger charge is -2.00. The molecule has 0 aromatic heterocycles. The van der Waals surface area contributed by atoms with Crippen LogP contribution in [0.2, 0.25) is 0 Å². The highest BCUT2D eigenvalue weighted by atomic mass is 16.3. The van der Waals surface area contributed by atoms with Crippen LogP contribution in [0.1, 0.15) is 5.56 Å². The summed E-state index contributed by atoms with van der Waals surface area (Å²) < 4.78 is 0. The fourth-order valence-electron chi connectivity index (χ4n) is 1.44. The Morgan fingerprint density at radius 1 is 0.944 bits per heavy atom. The smallest absolute Gasteiger partial charge is 0.109 e. The number of aliphatic hydroxyl groups is 1. The van der Waals surface area contributed by atoms with Crippen LogP contribution in [0.5, 0.6) is 0 Å². The second-order valence-electron chi connectivity index (χ2n) is 3.84. The second-order valence-corrected chi connectivity index (χ2v) is 3.84. The maximum atomic E-state index is 8.92. The van der Waals surface area contributed by atoms with Crippen molar-refractivity contribution in [3.8, 4) is 0 Å². The van der Waals surface area contributed by atoms with E-state index in [1.165, 1.54) is 0 Å². The molecule has 5 nitrogen and oxygen atoms in total. The molecule has 92 valence electrons. The van der Waals surface area contributed by atoms with E-state index >= 15 is 0 Å². The first-order valence-corrected chi connectivity index (χ1v) is 5.45. The Bertz CT molecular complexity index is 564. The van der Waals surface area contributed by atoms with E-state index in [0.29, 0.717) is 22.7 Å². The minimum absolute atomic E-state index is 0.0162. The van der Waals surface area contributed by atoms with Crippen LogP contribution in [-0.2, 0) is 6.61 Å². The summed E-state index contributed by atoms with van der Waals surface area (Å²) in [5.41, 5.74) is 14.6. The fraction of sp³-hybridized carbons (Fsp3) is 0.0769. The van der Waals surface area contributed by atoms with Crippen LogP contribution in [0.15, 0.2) is 52.7 Å². The van der Waals surface area contributed by atoms with E-state index < -0.39 is 0 Å². The molecule has 0 saturated heterocycles. The topological polar surface area (TPSA) is 97.0 Å². The number of nitrogens with two attached hydrogens (primary N) is 2. The average molecular weight is 242 g/mol. The molecule has 0 spiro atoms. The lowest BCUT2D eigenvalue weighted by Crippen LogP contribution is -1.89. The van der Waals surface area contributed by atoms with Crippen molar-refractivity contribution < 1.29 is 5.11 Å². The standard InChI is InChI=1S/C13H14N4O/c14-10-3-6-13(12(15)7-10)17-16-11-4-1-9(8-18)2-5-11/h1-7,18H,8,14-15H2. The third kappa shape index (κ3) is 2.83. The summed E-state index contributed by atoms with van der Waals surface area (Å²) in [5.74, 6) is 0. The van der Waals surface area contributed by atoms with Crippen LogP contribution < -0.4 is 11.5 Å². The highest BCUT2D eigenvalue weighted by Crippen LogP contribution is 2.26. The summed E-state index contributed by atoms with van der Waals surface area (Å²) in [7, 11) is 0. The predicted octanol–water partition coefficient (Wildman–Crippen LogP) is 2.76. The Labute approximate surface area is 105 Å². The van der Waals surface area contributed by atoms with E-state index in [2.05, 4.69) is 10.2 Å². The van der Waals surface area contributed by atoms with Crippen molar-refractivity contribution in [1.29, 1.82) is 0 Å². The second kappa shape index (κ2) is 5.29. The van der Waals surface area contributed by atoms with E-state index in [1.807, 2.05) is 0 Å². The zero-order valence-electron chi connectivity index (χ0n) is 9.74. The molecule has 18 heavy (non-hydrogen) atoms. The number of anilines is 2. The molecule has 0 aliphatic rings. The predicted molar refractivity (Wildman–Crippen MR) is 71.8 cm³/mol. The van der Waals surface area contributed by atoms with Crippen LogP contribution in [0.4, 0.5) is 22.7 Å². The SMILES string of the molecule is Nc1ccc(N=Nc2ccc(CO)cc2)c(N)c1. The summed E-state index contributed by atoms with van der Waals surface area (Å²) >= 11 is 0. The molecule has 0 atom stereocenters. The molecule has 5 heteroatoms. The average Bonchev–Trinajstić information content (AvgIpc) is 2.38. The molecule has 0 heterocycles. The van der Waals surface area contributed by atoms with Crippen molar-refractivity contribution in [2.24, 2.45) is 10.2 Å². The largest absolute Gasteiger partial charge is 0.399 e. The van der Waals surface area contributed by atoms with Crippen molar-refractivity contribution in [2.75, 3.05) is 11.5 Å². The Kier molecular flexibility index (Phi) is 3.54. The van der Waals surface area contributed by atoms with Crippen molar-refractivity contribution in [3.63, 3.8) is 0 Å². The maximum absolute atomic E-state index is 8.92. The highest BCUT2D eigenvalue weighted by Gasteiger charge is 1.98. The lowest BCUT2D eigenvalue weighted by molar-refractivity contribution is 0.282. The van der Waals surface area contributed by atoms with Gasteiger partial charge < -0.3 is 16.6 Å². The van der Waals surface area contributed by atoms with Gasteiger partial charge in [0.05, 0.1) is 18.0 Å². The lowest BCUT2D eigenvalue weighted by atomic mass is 10.2. The first kappa shape index (κ1) is 12.1. The molecule has 0 unspecified atom stereocenters. The van der Waals surface area contributed by atoms with E-state index in [9.17, 15) is 0 Å². The number of hydrogen-bond donors (Lipinski definition) is 3. The van der Waals surface area contributed by atoms with E-state index in [4.69, 9.17) is 16.6 Å². The van der Waals surface area contributed by atoms with E-state index in [1.54, 1.807) is 42.5 Å². The van der Waals surface area contributed by atoms with Crippen molar-refractivity contribution in [1.82, 2.24) is 0 Å². The minimum Gasteiger partial charge on any atom is -0.399 e. The van der Waals surface area contributed by atoms with Crippen LogP contribution in [-0.4, -0.2) is 5.11 Å². The van der Waals surface area contributed by atoms with Gasteiger partial charge in [0.15, 0.2) is 0 Å². The van der Waals surface area contributed by atoms with Crippen molar-refractivity contribution in [3.05, 3.63) is 48.0 Å². The van der Waals surface area contributed by atoms with E-state index in [0.717, 1.165) is 5.56 Å². The molecule has 2 aromatic rings. The maximum Gasteiger partial charge on any atom is 0.109 e. The van der Waals surface area contributed by atoms with Crippen LogP contribution in [0, 0.1) is 0 Å². The van der Waals surface area contributed by atoms with Gasteiger partial charge in [-0.2, -0.15) is 5.11 Å². The number of aliphatic hydroxyl groups excluding tert-OH is 1. The van der Waals surface area contributed by atoms with Gasteiger partial charge in [0.1, 0.15) is 5.69 Å². The molecule has 0 bridgehead atoms. The van der Waals surface area contributed by atoms with Gasteiger partial charge in [-0.1, -0.05) is 12.1 Å². The van der Waals surface area contributed by atoms with Gasteiger partial charge in [-0.05, 0) is 35.9 Å². The summed E-state index contributed by atoms with van der Waals surface area (Å²) in [4.78, 5) is 0. The molecule has 0 radical (unpaired) electrons. The third-order valence-electron chi connectivity index (χ3n) is 2.44. The quantitative estimate of drug-likeness (QED) is 0.570. The summed E-state index contributed by atoms with van der Waals surface area (Å²) in [6.45, 7) is 0.0162. The summed E-state index contributed by atoms with van der Waals surface area (Å²) in [6.07, 6.45) is 0. The molecule has 0 saturated carbocycles. The number of azo groups is 1. The fourth-order valence-corrected chi connectivity index (χ4v) is 1.44. The monoisotopic (exact) mass is 242 g/mol. The van der Waals surface area contributed by atoms with Crippen molar-refractivity contribution >= 4 is 22.7 Å². The molecule has 0 aliphatic carbocycles. The van der Waals surface area contributed by atoms with Gasteiger partial charge in [0, 0.05) is 5.69 Å². The third-order valence-corrected chi connectivity index (χ3v) is 2.44. The van der Waals surface area contributed by atoms with Gasteiger partial charge in [0.2, 0.25) is 0 Å². The zero-order valence-corrected chi connectivity index (χ0v) is 9.74. The van der Waals surface area contributed by atoms with Gasteiger partial charge in [-0.3, -0.25) is 0 Å².